The Morgan fingerprint density at radius 2 is 2.05 bits per heavy atom. The van der Waals surface area contributed by atoms with Crippen LogP contribution in [0.5, 0.6) is 0 Å². The Kier molecular flexibility index (Phi) is 5.58. The second-order valence-corrected chi connectivity index (χ2v) is 11.8. The lowest BCUT2D eigenvalue weighted by Crippen LogP contribution is -2.44. The first kappa shape index (κ1) is 17.4. The van der Waals surface area contributed by atoms with Gasteiger partial charge in [-0.15, -0.1) is 0 Å². The van der Waals surface area contributed by atoms with Crippen molar-refractivity contribution in [3.8, 4) is 0 Å². The fourth-order valence-corrected chi connectivity index (χ4v) is 3.29. The monoisotopic (exact) mass is 300 g/mol. The topological polar surface area (TPSA) is 55.8 Å². The molecule has 4 nitrogen and oxygen atoms in total. The Balaban J connectivity index is 2.57. The van der Waals surface area contributed by atoms with Gasteiger partial charge in [0.2, 0.25) is 0 Å². The highest BCUT2D eigenvalue weighted by molar-refractivity contribution is 6.74. The summed E-state index contributed by atoms with van der Waals surface area (Å²) in [7, 11) is -1.89. The van der Waals surface area contributed by atoms with Crippen molar-refractivity contribution in [2.24, 2.45) is 0 Å². The normalized spacial score (nSPS) is 21.6. The zero-order valence-corrected chi connectivity index (χ0v) is 14.5. The van der Waals surface area contributed by atoms with Crippen molar-refractivity contribution in [2.75, 3.05) is 6.61 Å². The molecule has 0 amide bonds. The molecule has 0 aromatic heterocycles. The molecule has 0 aliphatic carbocycles. The molecule has 0 aromatic rings. The van der Waals surface area contributed by atoms with Crippen molar-refractivity contribution in [2.45, 2.75) is 70.9 Å². The molecule has 1 rings (SSSR count). The van der Waals surface area contributed by atoms with E-state index >= 15 is 0 Å². The summed E-state index contributed by atoms with van der Waals surface area (Å²) in [4.78, 5) is 11.5. The standard InChI is InChI=1S/C15H28O4Si/c1-11-9-12(14(17)18-11)7-8-13(10-16)19-20(5,6)15(2,3)4/h9,11,13,16H,7-8,10H2,1-6H3/t11-,13-/m0/s1. The Labute approximate surface area is 123 Å². The maximum absolute atomic E-state index is 11.5. The zero-order chi connectivity index (χ0) is 15.6. The van der Waals surface area contributed by atoms with E-state index in [2.05, 4.69) is 33.9 Å². The summed E-state index contributed by atoms with van der Waals surface area (Å²) >= 11 is 0. The fraction of sp³-hybridized carbons (Fsp3) is 0.800. The van der Waals surface area contributed by atoms with Gasteiger partial charge in [0.1, 0.15) is 6.10 Å². The highest BCUT2D eigenvalue weighted by Crippen LogP contribution is 2.37. The second-order valence-electron chi connectivity index (χ2n) is 7.02. The maximum Gasteiger partial charge on any atom is 0.334 e. The molecular weight excluding hydrogens is 272 g/mol. The fourth-order valence-electron chi connectivity index (χ4n) is 1.91. The molecule has 1 aliphatic heterocycles. The molecule has 0 unspecified atom stereocenters. The first-order valence-corrected chi connectivity index (χ1v) is 10.2. The van der Waals surface area contributed by atoms with Gasteiger partial charge in [0.05, 0.1) is 12.7 Å². The summed E-state index contributed by atoms with van der Waals surface area (Å²) in [6.07, 6.45) is 2.76. The van der Waals surface area contributed by atoms with Crippen molar-refractivity contribution >= 4 is 14.3 Å². The average molecular weight is 300 g/mol. The largest absolute Gasteiger partial charge is 0.455 e. The van der Waals surface area contributed by atoms with E-state index in [1.807, 2.05) is 13.0 Å². The van der Waals surface area contributed by atoms with E-state index < -0.39 is 8.32 Å². The summed E-state index contributed by atoms with van der Waals surface area (Å²) in [6.45, 7) is 12.7. The molecule has 5 heteroatoms. The maximum atomic E-state index is 11.5. The van der Waals surface area contributed by atoms with Gasteiger partial charge in [0.25, 0.3) is 0 Å². The number of aliphatic hydroxyl groups is 1. The number of cyclic esters (lactones) is 1. The molecule has 2 atom stereocenters. The third-order valence-electron chi connectivity index (χ3n) is 4.20. The van der Waals surface area contributed by atoms with E-state index in [1.165, 1.54) is 0 Å². The van der Waals surface area contributed by atoms with Crippen molar-refractivity contribution in [1.29, 1.82) is 0 Å². The van der Waals surface area contributed by atoms with Gasteiger partial charge in [-0.1, -0.05) is 20.8 Å². The summed E-state index contributed by atoms with van der Waals surface area (Å²) < 4.78 is 11.3. The molecule has 0 fully saturated rings. The van der Waals surface area contributed by atoms with Crippen molar-refractivity contribution < 1.29 is 19.1 Å². The first-order chi connectivity index (χ1) is 9.06. The molecule has 1 N–H and O–H groups in total. The molecule has 0 saturated heterocycles. The van der Waals surface area contributed by atoms with E-state index in [-0.39, 0.29) is 29.8 Å². The van der Waals surface area contributed by atoms with Crippen LogP contribution >= 0.6 is 0 Å². The Bertz CT molecular complexity index is 382. The van der Waals surface area contributed by atoms with Crippen molar-refractivity contribution in [3.05, 3.63) is 11.6 Å². The minimum absolute atomic E-state index is 0.00953. The molecule has 0 spiro atoms. The van der Waals surface area contributed by atoms with Gasteiger partial charge in [-0.2, -0.15) is 0 Å². The molecule has 0 radical (unpaired) electrons. The molecule has 0 saturated carbocycles. The van der Waals surface area contributed by atoms with Gasteiger partial charge >= 0.3 is 5.97 Å². The quantitative estimate of drug-likeness (QED) is 0.605. The lowest BCUT2D eigenvalue weighted by atomic mass is 10.1. The number of rotatable bonds is 6. The zero-order valence-electron chi connectivity index (χ0n) is 13.5. The summed E-state index contributed by atoms with van der Waals surface area (Å²) in [5, 5.41) is 9.62. The number of hydrogen-bond acceptors (Lipinski definition) is 4. The molecule has 116 valence electrons. The van der Waals surface area contributed by atoms with Crippen LogP contribution < -0.4 is 0 Å². The lowest BCUT2D eigenvalue weighted by Gasteiger charge is -2.39. The van der Waals surface area contributed by atoms with Gasteiger partial charge in [-0.25, -0.2) is 4.79 Å². The number of aliphatic hydroxyl groups excluding tert-OH is 1. The van der Waals surface area contributed by atoms with E-state index in [1.54, 1.807) is 0 Å². The smallest absolute Gasteiger partial charge is 0.334 e. The van der Waals surface area contributed by atoms with E-state index in [9.17, 15) is 9.90 Å². The van der Waals surface area contributed by atoms with Gasteiger partial charge in [-0.05, 0) is 44.0 Å². The number of esters is 1. The predicted molar refractivity (Wildman–Crippen MR) is 82.0 cm³/mol. The van der Waals surface area contributed by atoms with Crippen LogP contribution in [0.1, 0.15) is 40.5 Å². The third-order valence-corrected chi connectivity index (χ3v) is 8.73. The molecule has 1 aliphatic rings. The minimum atomic E-state index is -1.89. The van der Waals surface area contributed by atoms with Crippen LogP contribution in [-0.2, 0) is 14.0 Å². The van der Waals surface area contributed by atoms with Crippen LogP contribution in [0.3, 0.4) is 0 Å². The highest BCUT2D eigenvalue weighted by Gasteiger charge is 2.39. The molecule has 0 aromatic carbocycles. The Morgan fingerprint density at radius 3 is 2.45 bits per heavy atom. The van der Waals surface area contributed by atoms with Crippen LogP contribution in [0.2, 0.25) is 18.1 Å². The Morgan fingerprint density at radius 1 is 1.45 bits per heavy atom. The predicted octanol–water partition coefficient (Wildman–Crippen LogP) is 3.02. The van der Waals surface area contributed by atoms with Crippen molar-refractivity contribution in [1.82, 2.24) is 0 Å². The summed E-state index contributed by atoms with van der Waals surface area (Å²) in [5.74, 6) is -0.235. The highest BCUT2D eigenvalue weighted by atomic mass is 28.4. The van der Waals surface area contributed by atoms with Crippen LogP contribution in [-0.4, -0.2) is 38.2 Å². The summed E-state index contributed by atoms with van der Waals surface area (Å²) in [5.41, 5.74) is 0.704. The number of ether oxygens (including phenoxy) is 1. The van der Waals surface area contributed by atoms with E-state index in [0.717, 1.165) is 0 Å². The number of carbonyl (C=O) groups excluding carboxylic acids is 1. The van der Waals surface area contributed by atoms with Gasteiger partial charge < -0.3 is 14.3 Å². The SMILES string of the molecule is C[C@H]1C=C(CC[C@@H](CO)O[Si](C)(C)C(C)(C)C)C(=O)O1. The van der Waals surface area contributed by atoms with Crippen LogP contribution in [0, 0.1) is 0 Å². The second kappa shape index (κ2) is 6.41. The van der Waals surface area contributed by atoms with Crippen LogP contribution in [0.25, 0.3) is 0 Å². The summed E-state index contributed by atoms with van der Waals surface area (Å²) in [6, 6.07) is 0. The molecule has 0 bridgehead atoms. The van der Waals surface area contributed by atoms with E-state index in [0.29, 0.717) is 18.4 Å². The number of hydrogen-bond donors (Lipinski definition) is 1. The van der Waals surface area contributed by atoms with Crippen molar-refractivity contribution in [3.63, 3.8) is 0 Å². The van der Waals surface area contributed by atoms with Gasteiger partial charge in [0, 0.05) is 5.57 Å². The van der Waals surface area contributed by atoms with Crippen LogP contribution in [0.4, 0.5) is 0 Å². The molecule has 20 heavy (non-hydrogen) atoms. The Hall–Kier alpha value is -0.653. The van der Waals surface area contributed by atoms with Gasteiger partial charge in [0.15, 0.2) is 8.32 Å². The van der Waals surface area contributed by atoms with Gasteiger partial charge in [-0.3, -0.25) is 0 Å². The lowest BCUT2D eigenvalue weighted by molar-refractivity contribution is -0.139. The average Bonchev–Trinajstić information content (AvgIpc) is 2.61. The first-order valence-electron chi connectivity index (χ1n) is 7.27. The number of carbonyl (C=O) groups is 1. The molecular formula is C15H28O4Si. The van der Waals surface area contributed by atoms with E-state index in [4.69, 9.17) is 9.16 Å². The third kappa shape index (κ3) is 4.43. The van der Waals surface area contributed by atoms with Crippen LogP contribution in [0.15, 0.2) is 11.6 Å². The minimum Gasteiger partial charge on any atom is -0.455 e. The molecule has 1 heterocycles.